The van der Waals surface area contributed by atoms with Crippen molar-refractivity contribution < 1.29 is 13.2 Å². The van der Waals surface area contributed by atoms with Gasteiger partial charge < -0.3 is 5.32 Å². The molecule has 0 heterocycles. The number of rotatable bonds is 10. The third kappa shape index (κ3) is 6.56. The van der Waals surface area contributed by atoms with Crippen LogP contribution in [0.15, 0.2) is 54.6 Å². The first-order chi connectivity index (χ1) is 13.3. The first-order valence-electron chi connectivity index (χ1n) is 9.28. The molecule has 2 aromatic carbocycles. The van der Waals surface area contributed by atoms with Gasteiger partial charge >= 0.3 is 0 Å². The molecule has 2 rings (SSSR count). The van der Waals surface area contributed by atoms with Gasteiger partial charge in [0.25, 0.3) is 0 Å². The van der Waals surface area contributed by atoms with Crippen LogP contribution in [-0.4, -0.2) is 38.9 Å². The Morgan fingerprint density at radius 2 is 1.75 bits per heavy atom. The second kappa shape index (κ2) is 10.5. The van der Waals surface area contributed by atoms with E-state index in [1.807, 2.05) is 13.0 Å². The molecule has 0 aliphatic carbocycles. The van der Waals surface area contributed by atoms with Gasteiger partial charge in [0.15, 0.2) is 0 Å². The van der Waals surface area contributed by atoms with Crippen LogP contribution in [0.4, 0.5) is 5.69 Å². The third-order valence-corrected chi connectivity index (χ3v) is 6.49. The predicted octanol–water partition coefficient (Wildman–Crippen LogP) is 3.59. The SMILES string of the molecule is CC[C@H](C(=O)NCCSCc1ccc(C)cc1)N(c1ccccc1)S(C)(=O)=O. The molecule has 0 saturated heterocycles. The van der Waals surface area contributed by atoms with Crippen LogP contribution in [0.25, 0.3) is 0 Å². The number of para-hydroxylation sites is 1. The lowest BCUT2D eigenvalue weighted by Gasteiger charge is -2.30. The zero-order chi connectivity index (χ0) is 20.6. The van der Waals surface area contributed by atoms with Crippen LogP contribution in [0.1, 0.15) is 24.5 Å². The van der Waals surface area contributed by atoms with Gasteiger partial charge in [-0.05, 0) is 31.0 Å². The highest BCUT2D eigenvalue weighted by molar-refractivity contribution is 7.98. The van der Waals surface area contributed by atoms with Crippen LogP contribution in [0.2, 0.25) is 0 Å². The fourth-order valence-corrected chi connectivity index (χ4v) is 4.90. The standard InChI is InChI=1S/C21H28N2O3S2/c1-4-20(23(28(3,25)26)19-8-6-5-7-9-19)21(24)22-14-15-27-16-18-12-10-17(2)11-13-18/h5-13,20H,4,14-16H2,1-3H3,(H,22,24)/t20-/m1/s1. The molecule has 2 aromatic rings. The Morgan fingerprint density at radius 1 is 1.11 bits per heavy atom. The molecule has 0 aromatic heterocycles. The van der Waals surface area contributed by atoms with Crippen molar-refractivity contribution in [1.29, 1.82) is 0 Å². The molecular weight excluding hydrogens is 392 g/mol. The number of benzene rings is 2. The largest absolute Gasteiger partial charge is 0.353 e. The molecule has 0 bridgehead atoms. The molecule has 5 nitrogen and oxygen atoms in total. The van der Waals surface area contributed by atoms with Crippen molar-refractivity contribution in [2.24, 2.45) is 0 Å². The summed E-state index contributed by atoms with van der Waals surface area (Å²) in [5.41, 5.74) is 2.99. The van der Waals surface area contributed by atoms with E-state index < -0.39 is 16.1 Å². The minimum absolute atomic E-state index is 0.271. The molecular formula is C21H28N2O3S2. The Labute approximate surface area is 172 Å². The van der Waals surface area contributed by atoms with E-state index in [1.54, 1.807) is 36.0 Å². The Kier molecular flexibility index (Phi) is 8.38. The molecule has 0 aliphatic rings. The van der Waals surface area contributed by atoms with Crippen LogP contribution in [0.5, 0.6) is 0 Å². The molecule has 1 atom stereocenters. The van der Waals surface area contributed by atoms with E-state index in [0.717, 1.165) is 17.8 Å². The van der Waals surface area contributed by atoms with E-state index in [1.165, 1.54) is 15.4 Å². The van der Waals surface area contributed by atoms with Gasteiger partial charge in [-0.1, -0.05) is 55.0 Å². The number of aryl methyl sites for hydroxylation is 1. The van der Waals surface area contributed by atoms with Gasteiger partial charge in [-0.25, -0.2) is 8.42 Å². The molecule has 0 spiro atoms. The summed E-state index contributed by atoms with van der Waals surface area (Å²) in [6, 6.07) is 16.4. The third-order valence-electron chi connectivity index (χ3n) is 4.28. The predicted molar refractivity (Wildman–Crippen MR) is 118 cm³/mol. The van der Waals surface area contributed by atoms with Crippen LogP contribution in [-0.2, 0) is 20.6 Å². The molecule has 1 amide bonds. The summed E-state index contributed by atoms with van der Waals surface area (Å²) in [7, 11) is -3.58. The van der Waals surface area contributed by atoms with E-state index in [9.17, 15) is 13.2 Å². The normalized spacial score (nSPS) is 12.4. The number of nitrogens with zero attached hydrogens (tertiary/aromatic N) is 1. The van der Waals surface area contributed by atoms with Gasteiger partial charge in [0, 0.05) is 18.1 Å². The number of anilines is 1. The number of sulfonamides is 1. The molecule has 0 saturated carbocycles. The number of nitrogens with one attached hydrogen (secondary N) is 1. The molecule has 152 valence electrons. The Balaban J connectivity index is 1.91. The summed E-state index contributed by atoms with van der Waals surface area (Å²) in [5, 5.41) is 2.89. The number of thioether (sulfide) groups is 1. The second-order valence-corrected chi connectivity index (χ2v) is 9.61. The lowest BCUT2D eigenvalue weighted by Crippen LogP contribution is -2.49. The van der Waals surface area contributed by atoms with Crippen molar-refractivity contribution in [2.75, 3.05) is 22.9 Å². The van der Waals surface area contributed by atoms with Crippen LogP contribution in [0.3, 0.4) is 0 Å². The van der Waals surface area contributed by atoms with Crippen molar-refractivity contribution in [1.82, 2.24) is 5.32 Å². The summed E-state index contributed by atoms with van der Waals surface area (Å²) in [6.07, 6.45) is 1.53. The molecule has 7 heteroatoms. The number of hydrogen-bond donors (Lipinski definition) is 1. The minimum atomic E-state index is -3.58. The summed E-state index contributed by atoms with van der Waals surface area (Å²) >= 11 is 1.74. The average molecular weight is 421 g/mol. The maximum Gasteiger partial charge on any atom is 0.243 e. The minimum Gasteiger partial charge on any atom is -0.353 e. The molecule has 28 heavy (non-hydrogen) atoms. The summed E-state index contributed by atoms with van der Waals surface area (Å²) in [6.45, 7) is 4.38. The summed E-state index contributed by atoms with van der Waals surface area (Å²) < 4.78 is 25.9. The highest BCUT2D eigenvalue weighted by Crippen LogP contribution is 2.22. The van der Waals surface area contributed by atoms with Gasteiger partial charge in [0.2, 0.25) is 15.9 Å². The lowest BCUT2D eigenvalue weighted by molar-refractivity contribution is -0.122. The van der Waals surface area contributed by atoms with Crippen molar-refractivity contribution in [3.8, 4) is 0 Å². The molecule has 0 fully saturated rings. The van der Waals surface area contributed by atoms with Gasteiger partial charge in [-0.3, -0.25) is 9.10 Å². The number of hydrogen-bond acceptors (Lipinski definition) is 4. The van der Waals surface area contributed by atoms with E-state index in [2.05, 4.69) is 36.5 Å². The fraction of sp³-hybridized carbons (Fsp3) is 0.381. The van der Waals surface area contributed by atoms with Gasteiger partial charge in [-0.2, -0.15) is 11.8 Å². The van der Waals surface area contributed by atoms with Crippen molar-refractivity contribution >= 4 is 33.4 Å². The Morgan fingerprint density at radius 3 is 2.32 bits per heavy atom. The second-order valence-electron chi connectivity index (χ2n) is 6.65. The highest BCUT2D eigenvalue weighted by atomic mass is 32.2. The monoisotopic (exact) mass is 420 g/mol. The first-order valence-corrected chi connectivity index (χ1v) is 12.3. The van der Waals surface area contributed by atoms with Gasteiger partial charge in [-0.15, -0.1) is 0 Å². The average Bonchev–Trinajstić information content (AvgIpc) is 2.66. The van der Waals surface area contributed by atoms with Gasteiger partial charge in [0.1, 0.15) is 6.04 Å². The quantitative estimate of drug-likeness (QED) is 0.597. The van der Waals surface area contributed by atoms with Crippen molar-refractivity contribution in [2.45, 2.75) is 32.1 Å². The maximum absolute atomic E-state index is 12.7. The van der Waals surface area contributed by atoms with Crippen LogP contribution >= 0.6 is 11.8 Å². The van der Waals surface area contributed by atoms with Crippen molar-refractivity contribution in [3.05, 3.63) is 65.7 Å². The van der Waals surface area contributed by atoms with Crippen LogP contribution in [0, 0.1) is 6.92 Å². The topological polar surface area (TPSA) is 66.5 Å². The van der Waals surface area contributed by atoms with Crippen molar-refractivity contribution in [3.63, 3.8) is 0 Å². The maximum atomic E-state index is 12.7. The molecule has 0 radical (unpaired) electrons. The molecule has 1 N–H and O–H groups in total. The van der Waals surface area contributed by atoms with E-state index in [0.29, 0.717) is 18.7 Å². The Hall–Kier alpha value is -1.99. The first kappa shape index (κ1) is 22.3. The van der Waals surface area contributed by atoms with E-state index >= 15 is 0 Å². The number of carbonyl (C=O) groups excluding carboxylic acids is 1. The van der Waals surface area contributed by atoms with E-state index in [-0.39, 0.29) is 5.91 Å². The summed E-state index contributed by atoms with van der Waals surface area (Å²) in [5.74, 6) is 1.38. The number of amides is 1. The van der Waals surface area contributed by atoms with Gasteiger partial charge in [0.05, 0.1) is 11.9 Å². The van der Waals surface area contributed by atoms with Crippen LogP contribution < -0.4 is 9.62 Å². The zero-order valence-corrected chi connectivity index (χ0v) is 18.2. The lowest BCUT2D eigenvalue weighted by atomic mass is 10.2. The Bertz CT molecular complexity index is 853. The summed E-state index contributed by atoms with van der Waals surface area (Å²) in [4.78, 5) is 12.7. The smallest absolute Gasteiger partial charge is 0.243 e. The highest BCUT2D eigenvalue weighted by Gasteiger charge is 2.31. The number of carbonyl (C=O) groups is 1. The van der Waals surface area contributed by atoms with E-state index in [4.69, 9.17) is 0 Å². The fourth-order valence-electron chi connectivity index (χ4n) is 2.87. The zero-order valence-electron chi connectivity index (χ0n) is 16.6. The molecule has 0 aliphatic heterocycles. The molecule has 0 unspecified atom stereocenters.